The van der Waals surface area contributed by atoms with Crippen LogP contribution in [0.25, 0.3) is 0 Å². The second-order valence-electron chi connectivity index (χ2n) is 4.91. The molecule has 0 atom stereocenters. The van der Waals surface area contributed by atoms with Crippen LogP contribution in [0.5, 0.6) is 17.2 Å². The van der Waals surface area contributed by atoms with Crippen LogP contribution in [-0.4, -0.2) is 43.2 Å². The first-order chi connectivity index (χ1) is 11.0. The Balaban J connectivity index is 1.89. The van der Waals surface area contributed by atoms with Gasteiger partial charge in [0.25, 0.3) is 5.91 Å². The van der Waals surface area contributed by atoms with Crippen molar-refractivity contribution in [1.82, 2.24) is 4.90 Å². The van der Waals surface area contributed by atoms with Gasteiger partial charge in [0.15, 0.2) is 0 Å². The number of carbonyl (C=O) groups excluding carboxylic acids is 1. The van der Waals surface area contributed by atoms with Crippen LogP contribution in [0.3, 0.4) is 0 Å². The Morgan fingerprint density at radius 2 is 1.83 bits per heavy atom. The number of nitrogens with zero attached hydrogens (tertiary/aromatic N) is 1. The zero-order valence-electron chi connectivity index (χ0n) is 13.0. The van der Waals surface area contributed by atoms with Crippen molar-refractivity contribution < 1.29 is 19.4 Å². The van der Waals surface area contributed by atoms with Crippen molar-refractivity contribution in [3.63, 3.8) is 0 Å². The van der Waals surface area contributed by atoms with Gasteiger partial charge in [-0.15, -0.1) is 0 Å². The fourth-order valence-corrected chi connectivity index (χ4v) is 2.13. The van der Waals surface area contributed by atoms with Crippen LogP contribution in [0, 0.1) is 0 Å². The molecule has 0 radical (unpaired) electrons. The Kier molecular flexibility index (Phi) is 5.71. The molecule has 1 N–H and O–H groups in total. The highest BCUT2D eigenvalue weighted by Crippen LogP contribution is 2.22. The summed E-state index contributed by atoms with van der Waals surface area (Å²) in [5.41, 5.74) is 0.171. The average Bonchev–Trinajstić information content (AvgIpc) is 2.57. The van der Waals surface area contributed by atoms with Gasteiger partial charge in [-0.05, 0) is 42.5 Å². The van der Waals surface area contributed by atoms with E-state index in [0.29, 0.717) is 23.9 Å². The van der Waals surface area contributed by atoms with Gasteiger partial charge in [0.05, 0.1) is 19.2 Å². The number of halogens is 1. The summed E-state index contributed by atoms with van der Waals surface area (Å²) in [7, 11) is 3.24. The maximum atomic E-state index is 12.3. The predicted octanol–water partition coefficient (Wildman–Crippen LogP) is 3.21. The van der Waals surface area contributed by atoms with Crippen LogP contribution in [0.1, 0.15) is 10.4 Å². The molecule has 6 heteroatoms. The van der Waals surface area contributed by atoms with Gasteiger partial charge in [0.2, 0.25) is 0 Å². The maximum absolute atomic E-state index is 12.3. The van der Waals surface area contributed by atoms with E-state index in [0.717, 1.165) is 5.75 Å². The lowest BCUT2D eigenvalue weighted by Gasteiger charge is -2.18. The van der Waals surface area contributed by atoms with E-state index in [9.17, 15) is 9.90 Å². The molecule has 0 aliphatic heterocycles. The first-order valence-corrected chi connectivity index (χ1v) is 7.40. The van der Waals surface area contributed by atoms with E-state index in [-0.39, 0.29) is 17.2 Å². The van der Waals surface area contributed by atoms with Gasteiger partial charge >= 0.3 is 0 Å². The molecular weight excluding hydrogens is 318 g/mol. The summed E-state index contributed by atoms with van der Waals surface area (Å²) in [6.07, 6.45) is 0. The van der Waals surface area contributed by atoms with Gasteiger partial charge in [-0.1, -0.05) is 11.6 Å². The summed E-state index contributed by atoms with van der Waals surface area (Å²) in [4.78, 5) is 13.7. The highest BCUT2D eigenvalue weighted by molar-refractivity contribution is 6.31. The van der Waals surface area contributed by atoms with Crippen LogP contribution < -0.4 is 9.47 Å². The van der Waals surface area contributed by atoms with Gasteiger partial charge in [0, 0.05) is 12.1 Å². The number of likely N-dealkylation sites (N-methyl/N-ethyl adjacent to an activating group) is 1. The molecule has 0 aliphatic carbocycles. The average molecular weight is 336 g/mol. The first-order valence-electron chi connectivity index (χ1n) is 7.02. The number of amides is 1. The van der Waals surface area contributed by atoms with E-state index in [1.165, 1.54) is 23.1 Å². The fraction of sp³-hybridized carbons (Fsp3) is 0.235. The van der Waals surface area contributed by atoms with Crippen molar-refractivity contribution in [2.75, 3.05) is 27.3 Å². The number of hydrogen-bond donors (Lipinski definition) is 1. The van der Waals surface area contributed by atoms with E-state index in [2.05, 4.69) is 0 Å². The Morgan fingerprint density at radius 1 is 1.17 bits per heavy atom. The molecular formula is C17H18ClNO4. The molecule has 0 spiro atoms. The van der Waals surface area contributed by atoms with Gasteiger partial charge in [-0.2, -0.15) is 0 Å². The summed E-state index contributed by atoms with van der Waals surface area (Å²) < 4.78 is 10.6. The highest BCUT2D eigenvalue weighted by atomic mass is 35.5. The third-order valence-electron chi connectivity index (χ3n) is 3.29. The molecule has 0 bridgehead atoms. The first kappa shape index (κ1) is 17.0. The van der Waals surface area contributed by atoms with Crippen LogP contribution >= 0.6 is 11.6 Å². The third kappa shape index (κ3) is 4.53. The topological polar surface area (TPSA) is 59.0 Å². The smallest absolute Gasteiger partial charge is 0.257 e. The molecule has 0 saturated carbocycles. The number of ether oxygens (including phenoxy) is 2. The normalized spacial score (nSPS) is 10.2. The second kappa shape index (κ2) is 7.74. The van der Waals surface area contributed by atoms with E-state index in [4.69, 9.17) is 21.1 Å². The minimum absolute atomic E-state index is 0.0951. The van der Waals surface area contributed by atoms with Crippen molar-refractivity contribution in [3.05, 3.63) is 53.1 Å². The molecule has 0 saturated heterocycles. The number of hydrogen-bond acceptors (Lipinski definition) is 4. The maximum Gasteiger partial charge on any atom is 0.257 e. The minimum atomic E-state index is -0.316. The summed E-state index contributed by atoms with van der Waals surface area (Å²) in [6, 6.07) is 11.6. The molecule has 1 amide bonds. The summed E-state index contributed by atoms with van der Waals surface area (Å²) in [6.45, 7) is 0.701. The Bertz CT molecular complexity index is 673. The van der Waals surface area contributed by atoms with Crippen LogP contribution in [-0.2, 0) is 0 Å². The van der Waals surface area contributed by atoms with Gasteiger partial charge in [0.1, 0.15) is 23.9 Å². The van der Waals surface area contributed by atoms with E-state index >= 15 is 0 Å². The second-order valence-corrected chi connectivity index (χ2v) is 5.35. The molecule has 23 heavy (non-hydrogen) atoms. The number of benzene rings is 2. The Morgan fingerprint density at radius 3 is 2.48 bits per heavy atom. The summed E-state index contributed by atoms with van der Waals surface area (Å²) in [5.74, 6) is 1.03. The number of carbonyl (C=O) groups is 1. The molecule has 0 heterocycles. The monoisotopic (exact) mass is 335 g/mol. The summed E-state index contributed by atoms with van der Waals surface area (Å²) >= 11 is 5.86. The molecule has 0 unspecified atom stereocenters. The lowest BCUT2D eigenvalue weighted by molar-refractivity contribution is 0.0771. The van der Waals surface area contributed by atoms with Crippen LogP contribution in [0.15, 0.2) is 42.5 Å². The molecule has 5 nitrogen and oxygen atoms in total. The molecule has 2 aromatic rings. The lowest BCUT2D eigenvalue weighted by Crippen LogP contribution is -2.30. The van der Waals surface area contributed by atoms with E-state index < -0.39 is 0 Å². The largest absolute Gasteiger partial charge is 0.507 e. The van der Waals surface area contributed by atoms with E-state index in [1.54, 1.807) is 38.4 Å². The van der Waals surface area contributed by atoms with Gasteiger partial charge < -0.3 is 19.5 Å². The van der Waals surface area contributed by atoms with Crippen LogP contribution in [0.4, 0.5) is 0 Å². The Labute approximate surface area is 140 Å². The van der Waals surface area contributed by atoms with Crippen molar-refractivity contribution in [3.8, 4) is 17.2 Å². The number of phenolic OH excluding ortho intramolecular Hbond substituents is 1. The lowest BCUT2D eigenvalue weighted by atomic mass is 10.2. The van der Waals surface area contributed by atoms with Crippen molar-refractivity contribution in [2.45, 2.75) is 0 Å². The van der Waals surface area contributed by atoms with Gasteiger partial charge in [-0.3, -0.25) is 4.79 Å². The molecule has 2 aromatic carbocycles. The molecule has 0 aliphatic rings. The fourth-order valence-electron chi connectivity index (χ4n) is 1.96. The van der Waals surface area contributed by atoms with Crippen molar-refractivity contribution in [1.29, 1.82) is 0 Å². The van der Waals surface area contributed by atoms with Gasteiger partial charge in [-0.25, -0.2) is 0 Å². The molecule has 122 valence electrons. The SMILES string of the molecule is COc1ccc(OCCN(C)C(=O)c2cc(Cl)ccc2O)cc1. The number of rotatable bonds is 6. The zero-order chi connectivity index (χ0) is 16.8. The number of methoxy groups -OCH3 is 1. The summed E-state index contributed by atoms with van der Waals surface area (Å²) in [5, 5.41) is 10.2. The minimum Gasteiger partial charge on any atom is -0.507 e. The number of phenols is 1. The quantitative estimate of drug-likeness (QED) is 0.880. The van der Waals surface area contributed by atoms with Crippen molar-refractivity contribution >= 4 is 17.5 Å². The van der Waals surface area contributed by atoms with E-state index in [1.807, 2.05) is 0 Å². The number of aromatic hydroxyl groups is 1. The predicted molar refractivity (Wildman–Crippen MR) is 88.6 cm³/mol. The Hall–Kier alpha value is -2.40. The van der Waals surface area contributed by atoms with Crippen LogP contribution in [0.2, 0.25) is 5.02 Å². The molecule has 2 rings (SSSR count). The standard InChI is InChI=1S/C17H18ClNO4/c1-19(17(21)15-11-12(18)3-8-16(15)20)9-10-23-14-6-4-13(22-2)5-7-14/h3-8,11,20H,9-10H2,1-2H3. The zero-order valence-corrected chi connectivity index (χ0v) is 13.7. The highest BCUT2D eigenvalue weighted by Gasteiger charge is 2.16. The molecule has 0 aromatic heterocycles. The molecule has 0 fully saturated rings. The van der Waals surface area contributed by atoms with Crippen molar-refractivity contribution in [2.24, 2.45) is 0 Å². The third-order valence-corrected chi connectivity index (χ3v) is 3.53.